The summed E-state index contributed by atoms with van der Waals surface area (Å²) in [6.07, 6.45) is 1.24. The molecule has 0 aliphatic heterocycles. The second kappa shape index (κ2) is 6.89. The van der Waals surface area contributed by atoms with Crippen molar-refractivity contribution in [2.45, 2.75) is 18.9 Å². The van der Waals surface area contributed by atoms with Gasteiger partial charge >= 0.3 is 0 Å². The summed E-state index contributed by atoms with van der Waals surface area (Å²) in [7, 11) is 0. The predicted molar refractivity (Wildman–Crippen MR) is 84.9 cm³/mol. The van der Waals surface area contributed by atoms with E-state index in [9.17, 15) is 10.1 Å². The Labute approximate surface area is 132 Å². The second-order valence-corrected chi connectivity index (χ2v) is 5.67. The lowest BCUT2D eigenvalue weighted by molar-refractivity contribution is -0.384. The number of hydrogen-bond donors (Lipinski definition) is 1. The van der Waals surface area contributed by atoms with E-state index in [1.54, 1.807) is 6.07 Å². The highest BCUT2D eigenvalue weighted by Crippen LogP contribution is 2.24. The van der Waals surface area contributed by atoms with Gasteiger partial charge in [-0.2, -0.15) is 0 Å². The topological polar surface area (TPSA) is 69.2 Å². The maximum atomic E-state index is 10.7. The van der Waals surface area contributed by atoms with Crippen LogP contribution < -0.4 is 5.73 Å². The standard InChI is InChI=1S/C15H14Cl2N2O2/c16-12-4-1-10(2-5-12)7-13(18)8-11-3-6-14(19(20)21)9-15(11)17/h1-6,9,13H,7-8,18H2. The molecular weight excluding hydrogens is 311 g/mol. The van der Waals surface area contributed by atoms with Crippen LogP contribution in [0.1, 0.15) is 11.1 Å². The number of nitrogens with two attached hydrogens (primary N) is 1. The third kappa shape index (κ3) is 4.43. The quantitative estimate of drug-likeness (QED) is 0.667. The molecule has 1 unspecified atom stereocenters. The summed E-state index contributed by atoms with van der Waals surface area (Å²) in [5.74, 6) is 0. The highest BCUT2D eigenvalue weighted by molar-refractivity contribution is 6.31. The molecule has 0 heterocycles. The monoisotopic (exact) mass is 324 g/mol. The van der Waals surface area contributed by atoms with Gasteiger partial charge in [0, 0.05) is 23.2 Å². The fourth-order valence-corrected chi connectivity index (χ4v) is 2.47. The molecule has 0 saturated heterocycles. The molecule has 0 fully saturated rings. The number of benzene rings is 2. The largest absolute Gasteiger partial charge is 0.327 e. The smallest absolute Gasteiger partial charge is 0.270 e. The van der Waals surface area contributed by atoms with Crippen molar-refractivity contribution in [3.05, 3.63) is 73.8 Å². The average molecular weight is 325 g/mol. The molecule has 2 aromatic carbocycles. The summed E-state index contributed by atoms with van der Waals surface area (Å²) in [5.41, 5.74) is 8.00. The van der Waals surface area contributed by atoms with Gasteiger partial charge in [-0.05, 0) is 36.1 Å². The molecule has 0 spiro atoms. The minimum Gasteiger partial charge on any atom is -0.327 e. The Hall–Kier alpha value is -1.62. The van der Waals surface area contributed by atoms with E-state index in [2.05, 4.69) is 0 Å². The Kier molecular flexibility index (Phi) is 5.17. The third-order valence-corrected chi connectivity index (χ3v) is 3.74. The molecule has 110 valence electrons. The number of nitrogens with zero attached hydrogens (tertiary/aromatic N) is 1. The Balaban J connectivity index is 2.04. The summed E-state index contributed by atoms with van der Waals surface area (Å²) >= 11 is 11.9. The lowest BCUT2D eigenvalue weighted by Crippen LogP contribution is -2.25. The maximum absolute atomic E-state index is 10.7. The van der Waals surface area contributed by atoms with Gasteiger partial charge in [-0.1, -0.05) is 41.4 Å². The van der Waals surface area contributed by atoms with Crippen LogP contribution in [0.5, 0.6) is 0 Å². The first kappa shape index (κ1) is 15.8. The molecular formula is C15H14Cl2N2O2. The molecule has 1 atom stereocenters. The highest BCUT2D eigenvalue weighted by Gasteiger charge is 2.12. The van der Waals surface area contributed by atoms with Crippen molar-refractivity contribution in [3.63, 3.8) is 0 Å². The third-order valence-electron chi connectivity index (χ3n) is 3.14. The first-order valence-corrected chi connectivity index (χ1v) is 7.14. The Morgan fingerprint density at radius 1 is 1.10 bits per heavy atom. The first-order valence-electron chi connectivity index (χ1n) is 6.38. The van der Waals surface area contributed by atoms with Gasteiger partial charge in [0.05, 0.1) is 9.95 Å². The summed E-state index contributed by atoms with van der Waals surface area (Å²) in [6, 6.07) is 11.8. The van der Waals surface area contributed by atoms with Crippen molar-refractivity contribution in [2.24, 2.45) is 5.73 Å². The molecule has 0 aliphatic carbocycles. The molecule has 2 rings (SSSR count). The summed E-state index contributed by atoms with van der Waals surface area (Å²) in [5, 5.41) is 11.7. The van der Waals surface area contributed by atoms with Gasteiger partial charge < -0.3 is 5.73 Å². The van der Waals surface area contributed by atoms with Gasteiger partial charge in [0.1, 0.15) is 0 Å². The van der Waals surface area contributed by atoms with Gasteiger partial charge in [-0.3, -0.25) is 10.1 Å². The van der Waals surface area contributed by atoms with Crippen LogP contribution in [0, 0.1) is 10.1 Å². The average Bonchev–Trinajstić information content (AvgIpc) is 2.43. The van der Waals surface area contributed by atoms with Gasteiger partial charge in [0.25, 0.3) is 5.69 Å². The lowest BCUT2D eigenvalue weighted by Gasteiger charge is -2.13. The van der Waals surface area contributed by atoms with E-state index >= 15 is 0 Å². The van der Waals surface area contributed by atoms with Crippen LogP contribution in [0.15, 0.2) is 42.5 Å². The Morgan fingerprint density at radius 3 is 2.33 bits per heavy atom. The Morgan fingerprint density at radius 2 is 1.76 bits per heavy atom. The van der Waals surface area contributed by atoms with E-state index in [1.807, 2.05) is 24.3 Å². The van der Waals surface area contributed by atoms with Crippen molar-refractivity contribution in [1.29, 1.82) is 0 Å². The minimum atomic E-state index is -0.469. The number of rotatable bonds is 5. The van der Waals surface area contributed by atoms with E-state index in [1.165, 1.54) is 12.1 Å². The van der Waals surface area contributed by atoms with E-state index in [-0.39, 0.29) is 11.7 Å². The van der Waals surface area contributed by atoms with Crippen LogP contribution in [-0.4, -0.2) is 11.0 Å². The molecule has 2 aromatic rings. The molecule has 6 heteroatoms. The zero-order valence-electron chi connectivity index (χ0n) is 11.1. The molecule has 4 nitrogen and oxygen atoms in total. The number of hydrogen-bond acceptors (Lipinski definition) is 3. The van der Waals surface area contributed by atoms with E-state index in [0.717, 1.165) is 11.1 Å². The molecule has 0 saturated carbocycles. The summed E-state index contributed by atoms with van der Waals surface area (Å²) in [4.78, 5) is 10.2. The van der Waals surface area contributed by atoms with Crippen molar-refractivity contribution >= 4 is 28.9 Å². The van der Waals surface area contributed by atoms with Crippen LogP contribution in [-0.2, 0) is 12.8 Å². The van der Waals surface area contributed by atoms with E-state index < -0.39 is 4.92 Å². The van der Waals surface area contributed by atoms with Gasteiger partial charge in [0.2, 0.25) is 0 Å². The van der Waals surface area contributed by atoms with Crippen LogP contribution in [0.2, 0.25) is 10.0 Å². The normalized spacial score (nSPS) is 12.1. The fourth-order valence-electron chi connectivity index (χ4n) is 2.09. The van der Waals surface area contributed by atoms with Crippen molar-refractivity contribution in [2.75, 3.05) is 0 Å². The molecule has 0 amide bonds. The zero-order chi connectivity index (χ0) is 15.4. The molecule has 0 aromatic heterocycles. The van der Waals surface area contributed by atoms with Crippen LogP contribution >= 0.6 is 23.2 Å². The molecule has 21 heavy (non-hydrogen) atoms. The number of non-ortho nitro benzene ring substituents is 1. The molecule has 0 bridgehead atoms. The molecule has 0 radical (unpaired) electrons. The zero-order valence-corrected chi connectivity index (χ0v) is 12.6. The van der Waals surface area contributed by atoms with Gasteiger partial charge in [-0.25, -0.2) is 0 Å². The number of halogens is 2. The second-order valence-electron chi connectivity index (χ2n) is 4.83. The van der Waals surface area contributed by atoms with Gasteiger partial charge in [0.15, 0.2) is 0 Å². The number of nitro groups is 1. The summed E-state index contributed by atoms with van der Waals surface area (Å²) < 4.78 is 0. The minimum absolute atomic E-state index is 0.0185. The van der Waals surface area contributed by atoms with Crippen molar-refractivity contribution in [1.82, 2.24) is 0 Å². The van der Waals surface area contributed by atoms with Crippen molar-refractivity contribution < 1.29 is 4.92 Å². The molecule has 0 aliphatic rings. The van der Waals surface area contributed by atoms with Crippen LogP contribution in [0.4, 0.5) is 5.69 Å². The first-order chi connectivity index (χ1) is 9.95. The number of nitro benzene ring substituents is 1. The van der Waals surface area contributed by atoms with Gasteiger partial charge in [-0.15, -0.1) is 0 Å². The fraction of sp³-hybridized carbons (Fsp3) is 0.200. The van der Waals surface area contributed by atoms with E-state index in [0.29, 0.717) is 22.9 Å². The highest BCUT2D eigenvalue weighted by atomic mass is 35.5. The van der Waals surface area contributed by atoms with Crippen LogP contribution in [0.3, 0.4) is 0 Å². The lowest BCUT2D eigenvalue weighted by atomic mass is 9.99. The van der Waals surface area contributed by atoms with Crippen LogP contribution in [0.25, 0.3) is 0 Å². The van der Waals surface area contributed by atoms with Crippen molar-refractivity contribution in [3.8, 4) is 0 Å². The maximum Gasteiger partial charge on any atom is 0.270 e. The molecule has 2 N–H and O–H groups in total. The van der Waals surface area contributed by atoms with E-state index in [4.69, 9.17) is 28.9 Å². The SMILES string of the molecule is NC(Cc1ccc(Cl)cc1)Cc1ccc([N+](=O)[O-])cc1Cl. The predicted octanol–water partition coefficient (Wildman–Crippen LogP) is 4.01. The Bertz CT molecular complexity index is 645. The summed E-state index contributed by atoms with van der Waals surface area (Å²) in [6.45, 7) is 0.